The molecule has 0 atom stereocenters. The largest absolute Gasteiger partial charge is 0.550 e. The van der Waals surface area contributed by atoms with Gasteiger partial charge in [0.1, 0.15) is 0 Å². The maximum Gasteiger partial charge on any atom is 0.323 e. The number of carboxylic acid groups (broad SMARTS) is 1. The predicted molar refractivity (Wildman–Crippen MR) is 113 cm³/mol. The second-order valence-corrected chi connectivity index (χ2v) is 7.36. The molecule has 0 bridgehead atoms. The average molecular weight is 435 g/mol. The molecule has 0 unspecified atom stereocenters. The molecule has 0 saturated carbocycles. The van der Waals surface area contributed by atoms with Crippen LogP contribution in [0.3, 0.4) is 0 Å². The molecule has 2 rings (SSSR count). The lowest BCUT2D eigenvalue weighted by Gasteiger charge is -2.14. The number of benzene rings is 2. The van der Waals surface area contributed by atoms with Crippen LogP contribution in [0.25, 0.3) is 0 Å². The number of urea groups is 1. The zero-order chi connectivity index (χ0) is 24.2. The number of quaternary nitrogens is 1. The van der Waals surface area contributed by atoms with Crippen molar-refractivity contribution in [2.24, 2.45) is 0 Å². The number of nitrogens with zero attached hydrogens (tertiary/aromatic N) is 3. The van der Waals surface area contributed by atoms with Crippen molar-refractivity contribution in [1.29, 1.82) is 0 Å². The first kappa shape index (κ1) is 26.9. The molecule has 2 amide bonds. The van der Waals surface area contributed by atoms with Gasteiger partial charge in [0.15, 0.2) is 0 Å². The first-order chi connectivity index (χ1) is 14.2. The molecule has 12 nitrogen and oxygen atoms in total. The fraction of sp³-hybridized carbons (Fsp3) is 0.263. The Bertz CT molecular complexity index is 820. The van der Waals surface area contributed by atoms with E-state index in [0.717, 1.165) is 11.4 Å². The molecule has 0 spiro atoms. The molecular weight excluding hydrogens is 410 g/mol. The summed E-state index contributed by atoms with van der Waals surface area (Å²) in [5.41, 5.74) is 0.595. The quantitative estimate of drug-likeness (QED) is 0.421. The van der Waals surface area contributed by atoms with Gasteiger partial charge in [-0.3, -0.25) is 20.2 Å². The zero-order valence-corrected chi connectivity index (χ0v) is 17.8. The van der Waals surface area contributed by atoms with Gasteiger partial charge in [0, 0.05) is 41.6 Å². The van der Waals surface area contributed by atoms with E-state index in [-0.39, 0.29) is 11.4 Å². The Hall–Kier alpha value is -4.06. The van der Waals surface area contributed by atoms with Crippen LogP contribution < -0.4 is 15.7 Å². The van der Waals surface area contributed by atoms with Gasteiger partial charge in [-0.25, -0.2) is 4.79 Å². The molecule has 168 valence electrons. The molecule has 0 aliphatic heterocycles. The fourth-order valence-electron chi connectivity index (χ4n) is 1.63. The number of carbonyl (C=O) groups is 2. The Labute approximate surface area is 179 Å². The van der Waals surface area contributed by atoms with Gasteiger partial charge < -0.3 is 25.0 Å². The summed E-state index contributed by atoms with van der Waals surface area (Å²) in [5, 5.41) is 34.9. The van der Waals surface area contributed by atoms with E-state index in [2.05, 4.69) is 38.8 Å². The van der Waals surface area contributed by atoms with Gasteiger partial charge in [0.2, 0.25) is 0 Å². The van der Waals surface area contributed by atoms with Crippen molar-refractivity contribution in [2.45, 2.75) is 6.92 Å². The lowest BCUT2D eigenvalue weighted by molar-refractivity contribution is -0.849. The molecule has 2 aromatic rings. The van der Waals surface area contributed by atoms with Crippen molar-refractivity contribution < 1.29 is 29.0 Å². The van der Waals surface area contributed by atoms with E-state index >= 15 is 0 Å². The van der Waals surface area contributed by atoms with Crippen LogP contribution in [0.4, 0.5) is 27.5 Å². The molecule has 0 fully saturated rings. The highest BCUT2D eigenvalue weighted by molar-refractivity contribution is 5.99. The van der Waals surface area contributed by atoms with E-state index in [0.29, 0.717) is 11.4 Å². The Morgan fingerprint density at radius 3 is 1.16 bits per heavy atom. The monoisotopic (exact) mass is 435 g/mol. The lowest BCUT2D eigenvalue weighted by atomic mass is 10.3. The molecule has 0 heterocycles. The minimum atomic E-state index is -1.08. The number of amides is 2. The maximum absolute atomic E-state index is 11.7. The first-order valence-corrected chi connectivity index (χ1v) is 8.72. The normalized spacial score (nSPS) is 9.71. The van der Waals surface area contributed by atoms with Crippen LogP contribution in [0.1, 0.15) is 6.92 Å². The number of hydrogen-bond acceptors (Lipinski definition) is 7. The average Bonchev–Trinajstić information content (AvgIpc) is 2.60. The third kappa shape index (κ3) is 14.6. The van der Waals surface area contributed by atoms with Crippen molar-refractivity contribution in [3.8, 4) is 0 Å². The number of anilines is 2. The molecule has 31 heavy (non-hydrogen) atoms. The standard InChI is InChI=1S/C13H10N4O5.C4H12N.C2H4O2/c18-13(14-9-1-5-11(6-2-9)16(19)20)15-10-3-7-12(8-4-10)17(21)22;1-5(2,3)4;1-2(3)4/h1-8H,(H2,14,15,18);1-4H3;1H3,(H,3,4)/q;+1;/p-1. The summed E-state index contributed by atoms with van der Waals surface area (Å²) in [7, 11) is 8.50. The third-order valence-electron chi connectivity index (χ3n) is 2.67. The van der Waals surface area contributed by atoms with E-state index < -0.39 is 21.8 Å². The molecule has 0 aromatic heterocycles. The van der Waals surface area contributed by atoms with Crippen molar-refractivity contribution in [3.05, 3.63) is 68.8 Å². The van der Waals surface area contributed by atoms with E-state index in [1.54, 1.807) is 0 Å². The topological polar surface area (TPSA) is 168 Å². The Morgan fingerprint density at radius 1 is 0.742 bits per heavy atom. The number of carbonyl (C=O) groups excluding carboxylic acids is 2. The highest BCUT2D eigenvalue weighted by Gasteiger charge is 2.08. The van der Waals surface area contributed by atoms with E-state index in [4.69, 9.17) is 9.90 Å². The minimum Gasteiger partial charge on any atom is -0.550 e. The third-order valence-corrected chi connectivity index (χ3v) is 2.67. The molecule has 0 radical (unpaired) electrons. The number of non-ortho nitro benzene ring substituents is 2. The number of nitro groups is 2. The molecule has 0 aliphatic carbocycles. The smallest absolute Gasteiger partial charge is 0.323 e. The van der Waals surface area contributed by atoms with Crippen LogP contribution in [0.2, 0.25) is 0 Å². The summed E-state index contributed by atoms with van der Waals surface area (Å²) in [5.74, 6) is -1.08. The SMILES string of the molecule is CC(=O)[O-].C[N+](C)(C)C.O=C(Nc1ccc([N+](=O)[O-])cc1)Nc1ccc([N+](=O)[O-])cc1. The van der Waals surface area contributed by atoms with Gasteiger partial charge in [0.05, 0.1) is 38.0 Å². The van der Waals surface area contributed by atoms with Gasteiger partial charge in [-0.15, -0.1) is 0 Å². The summed E-state index contributed by atoms with van der Waals surface area (Å²) in [6.45, 7) is 0.972. The number of nitrogens with one attached hydrogen (secondary N) is 2. The fourth-order valence-corrected chi connectivity index (χ4v) is 1.63. The zero-order valence-electron chi connectivity index (χ0n) is 17.8. The number of carboxylic acids is 1. The Balaban J connectivity index is 0.000000846. The van der Waals surface area contributed by atoms with Crippen LogP contribution in [0.5, 0.6) is 0 Å². The van der Waals surface area contributed by atoms with Gasteiger partial charge in [-0.05, 0) is 31.2 Å². The highest BCUT2D eigenvalue weighted by Crippen LogP contribution is 2.17. The second-order valence-electron chi connectivity index (χ2n) is 7.36. The van der Waals surface area contributed by atoms with Gasteiger partial charge >= 0.3 is 6.03 Å². The summed E-state index contributed by atoms with van der Waals surface area (Å²) in [4.78, 5) is 40.6. The van der Waals surface area contributed by atoms with E-state index in [1.807, 2.05) is 0 Å². The van der Waals surface area contributed by atoms with Gasteiger partial charge in [-0.1, -0.05) is 0 Å². The van der Waals surface area contributed by atoms with Crippen LogP contribution in [-0.2, 0) is 4.79 Å². The summed E-state index contributed by atoms with van der Waals surface area (Å²) < 4.78 is 1.00. The van der Waals surface area contributed by atoms with Crippen LogP contribution >= 0.6 is 0 Å². The lowest BCUT2D eigenvalue weighted by Crippen LogP contribution is -2.27. The molecule has 2 aromatic carbocycles. The van der Waals surface area contributed by atoms with E-state index in [9.17, 15) is 25.0 Å². The van der Waals surface area contributed by atoms with Crippen LogP contribution in [0, 0.1) is 20.2 Å². The van der Waals surface area contributed by atoms with Crippen LogP contribution in [-0.4, -0.2) is 54.5 Å². The van der Waals surface area contributed by atoms with Gasteiger partial charge in [-0.2, -0.15) is 0 Å². The Kier molecular flexibility index (Phi) is 10.9. The number of nitro benzene ring substituents is 2. The highest BCUT2D eigenvalue weighted by atomic mass is 16.6. The molecule has 0 aliphatic rings. The van der Waals surface area contributed by atoms with Crippen molar-refractivity contribution in [3.63, 3.8) is 0 Å². The first-order valence-electron chi connectivity index (χ1n) is 8.72. The number of hydrogen-bond donors (Lipinski definition) is 2. The predicted octanol–water partition coefficient (Wildman–Crippen LogP) is 2.23. The van der Waals surface area contributed by atoms with E-state index in [1.165, 1.54) is 48.5 Å². The molecule has 2 N–H and O–H groups in total. The second kappa shape index (κ2) is 12.5. The van der Waals surface area contributed by atoms with Gasteiger partial charge in [0.25, 0.3) is 11.4 Å². The maximum atomic E-state index is 11.7. The van der Waals surface area contributed by atoms with Crippen molar-refractivity contribution in [2.75, 3.05) is 38.8 Å². The number of aliphatic carboxylic acids is 1. The van der Waals surface area contributed by atoms with Crippen molar-refractivity contribution in [1.82, 2.24) is 0 Å². The summed E-state index contributed by atoms with van der Waals surface area (Å²) in [6, 6.07) is 10.1. The number of rotatable bonds is 4. The minimum absolute atomic E-state index is 0.0821. The summed E-state index contributed by atoms with van der Waals surface area (Å²) >= 11 is 0. The molecule has 12 heteroatoms. The van der Waals surface area contributed by atoms with Crippen LogP contribution in [0.15, 0.2) is 48.5 Å². The Morgan fingerprint density at radius 2 is 0.968 bits per heavy atom. The van der Waals surface area contributed by atoms with Crippen molar-refractivity contribution >= 4 is 34.7 Å². The molecular formula is C19H25N5O7. The molecule has 0 saturated heterocycles. The summed E-state index contributed by atoms with van der Waals surface area (Å²) in [6.07, 6.45) is 0.